The van der Waals surface area contributed by atoms with E-state index in [2.05, 4.69) is 18.8 Å². The van der Waals surface area contributed by atoms with Crippen LogP contribution in [0.1, 0.15) is 46.0 Å². The third-order valence-electron chi connectivity index (χ3n) is 1.81. The number of hydrogen-bond donors (Lipinski definition) is 0. The van der Waals surface area contributed by atoms with Gasteiger partial charge in [0, 0.05) is 19.6 Å². The van der Waals surface area contributed by atoms with Crippen LogP contribution in [0.4, 0.5) is 0 Å². The number of ether oxygens (including phenoxy) is 1. The van der Waals surface area contributed by atoms with Crippen molar-refractivity contribution in [2.24, 2.45) is 0 Å². The van der Waals surface area contributed by atoms with Gasteiger partial charge in [0.2, 0.25) is 5.78 Å². The fourth-order valence-corrected chi connectivity index (χ4v) is 1.11. The van der Waals surface area contributed by atoms with Gasteiger partial charge in [-0.3, -0.25) is 4.79 Å². The number of hydrogen-bond acceptors (Lipinski definition) is 2. The van der Waals surface area contributed by atoms with Gasteiger partial charge in [-0.05, 0) is 32.1 Å². The molecule has 0 aromatic carbocycles. The maximum Gasteiger partial charge on any atom is 0.205 e. The third-order valence-corrected chi connectivity index (χ3v) is 1.81. The molecule has 0 atom stereocenters. The van der Waals surface area contributed by atoms with Crippen molar-refractivity contribution >= 4 is 5.78 Å². The summed E-state index contributed by atoms with van der Waals surface area (Å²) in [5.74, 6) is 5.21. The second-order valence-electron chi connectivity index (χ2n) is 3.22. The van der Waals surface area contributed by atoms with Gasteiger partial charge in [0.05, 0.1) is 0 Å². The molecule has 2 nitrogen and oxygen atoms in total. The van der Waals surface area contributed by atoms with Gasteiger partial charge in [-0.25, -0.2) is 0 Å². The molecule has 0 aliphatic heterocycles. The first-order valence-corrected chi connectivity index (χ1v) is 5.34. The molecule has 0 aromatic rings. The van der Waals surface area contributed by atoms with Crippen molar-refractivity contribution in [2.45, 2.75) is 46.0 Å². The summed E-state index contributed by atoms with van der Waals surface area (Å²) in [5, 5.41) is 0. The van der Waals surface area contributed by atoms with Crippen molar-refractivity contribution < 1.29 is 9.53 Å². The average Bonchev–Trinajstić information content (AvgIpc) is 2.17. The SMILES string of the molecule is CC#CC(=O)CCCCCOCCC. The molecule has 0 amide bonds. The van der Waals surface area contributed by atoms with E-state index in [1.165, 1.54) is 0 Å². The Kier molecular flexibility index (Phi) is 9.68. The first kappa shape index (κ1) is 13.2. The van der Waals surface area contributed by atoms with Crippen molar-refractivity contribution in [3.63, 3.8) is 0 Å². The molecule has 0 bridgehead atoms. The Labute approximate surface area is 87.0 Å². The summed E-state index contributed by atoms with van der Waals surface area (Å²) in [5.41, 5.74) is 0. The monoisotopic (exact) mass is 196 g/mol. The lowest BCUT2D eigenvalue weighted by molar-refractivity contribution is -0.113. The number of Topliss-reactive ketones (excluding diaryl/α,β-unsaturated/α-hetero) is 1. The van der Waals surface area contributed by atoms with E-state index < -0.39 is 0 Å². The van der Waals surface area contributed by atoms with Crippen molar-refractivity contribution in [1.82, 2.24) is 0 Å². The van der Waals surface area contributed by atoms with Gasteiger partial charge in [-0.2, -0.15) is 0 Å². The third kappa shape index (κ3) is 9.28. The second kappa shape index (κ2) is 10.3. The molecule has 0 unspecified atom stereocenters. The molecule has 80 valence electrons. The summed E-state index contributed by atoms with van der Waals surface area (Å²) in [6, 6.07) is 0. The summed E-state index contributed by atoms with van der Waals surface area (Å²) in [6.07, 6.45) is 4.70. The van der Waals surface area contributed by atoms with Crippen molar-refractivity contribution in [1.29, 1.82) is 0 Å². The Morgan fingerprint density at radius 2 is 2.00 bits per heavy atom. The minimum Gasteiger partial charge on any atom is -0.381 e. The normalized spacial score (nSPS) is 9.29. The van der Waals surface area contributed by atoms with E-state index in [1.807, 2.05) is 0 Å². The maximum absolute atomic E-state index is 11.0. The highest BCUT2D eigenvalue weighted by Crippen LogP contribution is 2.00. The van der Waals surface area contributed by atoms with Gasteiger partial charge in [-0.15, -0.1) is 0 Å². The van der Waals surface area contributed by atoms with E-state index in [9.17, 15) is 4.79 Å². The van der Waals surface area contributed by atoms with Crippen LogP contribution in [-0.2, 0) is 9.53 Å². The van der Waals surface area contributed by atoms with E-state index >= 15 is 0 Å². The van der Waals surface area contributed by atoms with Crippen LogP contribution < -0.4 is 0 Å². The highest BCUT2D eigenvalue weighted by atomic mass is 16.5. The molecule has 0 fully saturated rings. The van der Waals surface area contributed by atoms with E-state index in [-0.39, 0.29) is 5.78 Å². The number of carbonyl (C=O) groups excluding carboxylic acids is 1. The van der Waals surface area contributed by atoms with E-state index in [0.717, 1.165) is 38.9 Å². The van der Waals surface area contributed by atoms with Crippen molar-refractivity contribution in [2.75, 3.05) is 13.2 Å². The molecule has 0 radical (unpaired) electrons. The summed E-state index contributed by atoms with van der Waals surface area (Å²) in [7, 11) is 0. The van der Waals surface area contributed by atoms with Gasteiger partial charge in [0.25, 0.3) is 0 Å². The predicted octanol–water partition coefficient (Wildman–Crippen LogP) is 2.57. The summed E-state index contributed by atoms with van der Waals surface area (Å²) >= 11 is 0. The number of unbranched alkanes of at least 4 members (excludes halogenated alkanes) is 2. The fraction of sp³-hybridized carbons (Fsp3) is 0.750. The lowest BCUT2D eigenvalue weighted by Crippen LogP contribution is -1.97. The standard InChI is InChI=1S/C12H20O2/c1-3-8-12(13)9-6-5-7-11-14-10-4-2/h4-7,9-11H2,1-2H3. The van der Waals surface area contributed by atoms with Gasteiger partial charge < -0.3 is 4.74 Å². The Hall–Kier alpha value is -0.810. The zero-order chi connectivity index (χ0) is 10.6. The number of ketones is 1. The Morgan fingerprint density at radius 3 is 2.64 bits per heavy atom. The molecule has 0 aliphatic rings. The van der Waals surface area contributed by atoms with Crippen LogP contribution in [0, 0.1) is 11.8 Å². The van der Waals surface area contributed by atoms with Crippen LogP contribution >= 0.6 is 0 Å². The first-order valence-electron chi connectivity index (χ1n) is 5.34. The molecule has 2 heteroatoms. The van der Waals surface area contributed by atoms with Crippen molar-refractivity contribution in [3.05, 3.63) is 0 Å². The molecular weight excluding hydrogens is 176 g/mol. The highest BCUT2D eigenvalue weighted by molar-refractivity contribution is 5.95. The van der Waals surface area contributed by atoms with Gasteiger partial charge in [0.1, 0.15) is 0 Å². The molecule has 0 aromatic heterocycles. The summed E-state index contributed by atoms with van der Waals surface area (Å²) < 4.78 is 5.32. The van der Waals surface area contributed by atoms with E-state index in [1.54, 1.807) is 6.92 Å². The molecule has 0 heterocycles. The molecule has 14 heavy (non-hydrogen) atoms. The van der Waals surface area contributed by atoms with Crippen LogP contribution in [0.15, 0.2) is 0 Å². The van der Waals surface area contributed by atoms with Crippen molar-refractivity contribution in [3.8, 4) is 11.8 Å². The molecule has 0 spiro atoms. The highest BCUT2D eigenvalue weighted by Gasteiger charge is 1.96. The van der Waals surface area contributed by atoms with Gasteiger partial charge in [-0.1, -0.05) is 19.3 Å². The quantitative estimate of drug-likeness (QED) is 0.339. The van der Waals surface area contributed by atoms with Crippen LogP contribution in [-0.4, -0.2) is 19.0 Å². The molecular formula is C12H20O2. The van der Waals surface area contributed by atoms with Crippen LogP contribution in [0.5, 0.6) is 0 Å². The molecule has 0 aliphatic carbocycles. The van der Waals surface area contributed by atoms with Gasteiger partial charge in [0.15, 0.2) is 0 Å². The Morgan fingerprint density at radius 1 is 1.21 bits per heavy atom. The molecule has 0 saturated heterocycles. The van der Waals surface area contributed by atoms with Crippen LogP contribution in [0.3, 0.4) is 0 Å². The van der Waals surface area contributed by atoms with E-state index in [4.69, 9.17) is 4.74 Å². The average molecular weight is 196 g/mol. The maximum atomic E-state index is 11.0. The Bertz CT molecular complexity index is 198. The fourth-order valence-electron chi connectivity index (χ4n) is 1.11. The topological polar surface area (TPSA) is 26.3 Å². The summed E-state index contributed by atoms with van der Waals surface area (Å²) in [4.78, 5) is 11.0. The second-order valence-corrected chi connectivity index (χ2v) is 3.22. The molecule has 0 N–H and O–H groups in total. The van der Waals surface area contributed by atoms with Gasteiger partial charge >= 0.3 is 0 Å². The minimum absolute atomic E-state index is 0.0574. The first-order chi connectivity index (χ1) is 6.81. The summed E-state index contributed by atoms with van der Waals surface area (Å²) in [6.45, 7) is 5.46. The molecule has 0 rings (SSSR count). The zero-order valence-electron chi connectivity index (χ0n) is 9.27. The number of rotatable bonds is 8. The lowest BCUT2D eigenvalue weighted by atomic mass is 10.1. The smallest absolute Gasteiger partial charge is 0.205 e. The van der Waals surface area contributed by atoms with Crippen LogP contribution in [0.25, 0.3) is 0 Å². The zero-order valence-corrected chi connectivity index (χ0v) is 9.27. The predicted molar refractivity (Wildman–Crippen MR) is 58.0 cm³/mol. The largest absolute Gasteiger partial charge is 0.381 e. The lowest BCUT2D eigenvalue weighted by Gasteiger charge is -2.00. The van der Waals surface area contributed by atoms with E-state index in [0.29, 0.717) is 6.42 Å². The molecule has 0 saturated carbocycles. The number of carbonyl (C=O) groups is 1. The Balaban J connectivity index is 3.12. The van der Waals surface area contributed by atoms with Crippen LogP contribution in [0.2, 0.25) is 0 Å². The minimum atomic E-state index is 0.0574.